The van der Waals surface area contributed by atoms with E-state index in [4.69, 9.17) is 19.3 Å². The van der Waals surface area contributed by atoms with Gasteiger partial charge in [0.15, 0.2) is 6.29 Å². The van der Waals surface area contributed by atoms with Crippen LogP contribution < -0.4 is 0 Å². The highest BCUT2D eigenvalue weighted by Gasteiger charge is 2.67. The highest BCUT2D eigenvalue weighted by atomic mass is 16.7. The average Bonchev–Trinajstić information content (AvgIpc) is 2.79. The summed E-state index contributed by atoms with van der Waals surface area (Å²) in [5.41, 5.74) is -2.77. The number of hydrogen-bond donors (Lipinski definition) is 6. The second kappa shape index (κ2) is 8.53. The Morgan fingerprint density at radius 1 is 1.16 bits per heavy atom. The van der Waals surface area contributed by atoms with E-state index in [9.17, 15) is 30.3 Å². The maximum Gasteiger partial charge on any atom is 0.328 e. The number of aliphatic hydroxyl groups is 5. The average molecular weight is 444 g/mol. The zero-order valence-corrected chi connectivity index (χ0v) is 17.8. The first-order chi connectivity index (χ1) is 14.4. The predicted octanol–water partition coefficient (Wildman–Crippen LogP) is -0.921. The van der Waals surface area contributed by atoms with Crippen molar-refractivity contribution in [3.63, 3.8) is 0 Å². The molecule has 31 heavy (non-hydrogen) atoms. The minimum absolute atomic E-state index is 0.236. The molecule has 0 aromatic carbocycles. The summed E-state index contributed by atoms with van der Waals surface area (Å²) in [7, 11) is 0. The third-order valence-electron chi connectivity index (χ3n) is 6.84. The Balaban J connectivity index is 1.78. The van der Waals surface area contributed by atoms with Crippen LogP contribution in [0.25, 0.3) is 0 Å². The van der Waals surface area contributed by atoms with Crippen molar-refractivity contribution in [3.05, 3.63) is 23.8 Å². The van der Waals surface area contributed by atoms with E-state index >= 15 is 0 Å². The molecule has 0 spiro atoms. The molecule has 10 nitrogen and oxygen atoms in total. The summed E-state index contributed by atoms with van der Waals surface area (Å²) in [4.78, 5) is 10.9. The van der Waals surface area contributed by atoms with Crippen molar-refractivity contribution in [2.24, 2.45) is 5.41 Å². The Bertz CT molecular complexity index is 728. The van der Waals surface area contributed by atoms with Gasteiger partial charge in [0.25, 0.3) is 0 Å². The Kier molecular flexibility index (Phi) is 6.68. The summed E-state index contributed by atoms with van der Waals surface area (Å²) in [6, 6.07) is 0. The normalized spacial score (nSPS) is 48.3. The summed E-state index contributed by atoms with van der Waals surface area (Å²) in [5, 5.41) is 60.0. The number of fused-ring (bicyclic) bond motifs is 2. The van der Waals surface area contributed by atoms with E-state index in [-0.39, 0.29) is 13.0 Å². The van der Waals surface area contributed by atoms with Crippen LogP contribution in [0.2, 0.25) is 0 Å². The largest absolute Gasteiger partial charge is 0.478 e. The maximum atomic E-state index is 11.6. The molecule has 3 aliphatic rings. The van der Waals surface area contributed by atoms with E-state index in [0.717, 1.165) is 6.08 Å². The van der Waals surface area contributed by atoms with Crippen molar-refractivity contribution in [1.29, 1.82) is 0 Å². The second-order valence-electron chi connectivity index (χ2n) is 9.27. The first kappa shape index (κ1) is 24.3. The van der Waals surface area contributed by atoms with Crippen LogP contribution in [0.15, 0.2) is 23.8 Å². The smallest absolute Gasteiger partial charge is 0.328 e. The maximum absolute atomic E-state index is 11.6. The molecule has 3 rings (SSSR count). The summed E-state index contributed by atoms with van der Waals surface area (Å²) >= 11 is 0. The van der Waals surface area contributed by atoms with Crippen molar-refractivity contribution in [2.45, 2.75) is 81.6 Å². The van der Waals surface area contributed by atoms with Gasteiger partial charge in [-0.1, -0.05) is 13.0 Å². The molecule has 176 valence electrons. The van der Waals surface area contributed by atoms with Crippen molar-refractivity contribution in [3.8, 4) is 0 Å². The highest BCUT2D eigenvalue weighted by molar-refractivity contribution is 5.81. The number of allylic oxidation sites excluding steroid dienone is 2. The van der Waals surface area contributed by atoms with E-state index < -0.39 is 66.0 Å². The lowest BCUT2D eigenvalue weighted by Gasteiger charge is -2.51. The second-order valence-corrected chi connectivity index (χ2v) is 9.27. The van der Waals surface area contributed by atoms with Crippen molar-refractivity contribution in [1.82, 2.24) is 0 Å². The van der Waals surface area contributed by atoms with Crippen molar-refractivity contribution >= 4 is 5.97 Å². The van der Waals surface area contributed by atoms with E-state index in [1.165, 1.54) is 0 Å². The first-order valence-corrected chi connectivity index (χ1v) is 10.3. The Morgan fingerprint density at radius 3 is 2.42 bits per heavy atom. The van der Waals surface area contributed by atoms with Gasteiger partial charge in [-0.05, 0) is 31.9 Å². The van der Waals surface area contributed by atoms with Crippen LogP contribution in [0.4, 0.5) is 0 Å². The van der Waals surface area contributed by atoms with E-state index in [2.05, 4.69) is 0 Å². The van der Waals surface area contributed by atoms with Gasteiger partial charge < -0.3 is 44.8 Å². The number of hydrogen-bond acceptors (Lipinski definition) is 9. The van der Waals surface area contributed by atoms with Gasteiger partial charge in [0.2, 0.25) is 0 Å². The minimum atomic E-state index is -1.54. The number of carboxylic acids is 1. The van der Waals surface area contributed by atoms with Crippen LogP contribution in [-0.2, 0) is 19.0 Å². The molecule has 2 aliphatic heterocycles. The van der Waals surface area contributed by atoms with Crippen LogP contribution >= 0.6 is 0 Å². The van der Waals surface area contributed by atoms with Gasteiger partial charge in [-0.15, -0.1) is 0 Å². The predicted molar refractivity (Wildman–Crippen MR) is 106 cm³/mol. The number of carboxylic acid groups (broad SMARTS) is 1. The molecule has 2 saturated heterocycles. The molecule has 10 heteroatoms. The SMILES string of the molecule is CC(=C/C(=O)O)/C=C/[C@@]1(O)C2(C)COC1(C)C[C@H](O[C@@H]1O[C@H](CO)[C@@H](O)[C@H](O)[C@H]1O)C2. The fraction of sp³-hybridized carbons (Fsp3) is 0.762. The summed E-state index contributed by atoms with van der Waals surface area (Å²) in [6.07, 6.45) is -2.65. The zero-order valence-electron chi connectivity index (χ0n) is 17.8. The molecule has 2 unspecified atom stereocenters. The third-order valence-corrected chi connectivity index (χ3v) is 6.84. The fourth-order valence-electron chi connectivity index (χ4n) is 4.95. The summed E-state index contributed by atoms with van der Waals surface area (Å²) in [5.74, 6) is -1.08. The first-order valence-electron chi connectivity index (χ1n) is 10.3. The quantitative estimate of drug-likeness (QED) is 0.223. The van der Waals surface area contributed by atoms with Crippen molar-refractivity contribution < 1.29 is 49.6 Å². The lowest BCUT2D eigenvalue weighted by molar-refractivity contribution is -0.319. The molecule has 0 aromatic rings. The molecular formula is C21H32O10. The Hall–Kier alpha value is -1.37. The van der Waals surface area contributed by atoms with Crippen LogP contribution in [-0.4, -0.2) is 97.8 Å². The molecule has 0 aromatic heterocycles. The lowest BCUT2D eigenvalue weighted by atomic mass is 9.59. The number of aliphatic hydroxyl groups excluding tert-OH is 4. The zero-order chi connectivity index (χ0) is 23.2. The highest BCUT2D eigenvalue weighted by Crippen LogP contribution is 2.58. The van der Waals surface area contributed by atoms with E-state index in [1.54, 1.807) is 26.0 Å². The van der Waals surface area contributed by atoms with Crippen LogP contribution in [0.5, 0.6) is 0 Å². The molecule has 2 bridgehead atoms. The molecule has 1 saturated carbocycles. The van der Waals surface area contributed by atoms with Crippen LogP contribution in [0.1, 0.15) is 33.6 Å². The third kappa shape index (κ3) is 4.19. The van der Waals surface area contributed by atoms with Crippen LogP contribution in [0, 0.1) is 5.41 Å². The van der Waals surface area contributed by atoms with E-state index in [1.807, 2.05) is 6.92 Å². The molecule has 6 N–H and O–H groups in total. The molecule has 1 aliphatic carbocycles. The fourth-order valence-corrected chi connectivity index (χ4v) is 4.95. The number of carbonyl (C=O) groups is 1. The van der Waals surface area contributed by atoms with Gasteiger partial charge in [-0.25, -0.2) is 4.79 Å². The number of aliphatic carboxylic acids is 1. The van der Waals surface area contributed by atoms with Crippen molar-refractivity contribution in [2.75, 3.05) is 13.2 Å². The minimum Gasteiger partial charge on any atom is -0.478 e. The molecule has 2 heterocycles. The number of ether oxygens (including phenoxy) is 3. The van der Waals surface area contributed by atoms with Gasteiger partial charge >= 0.3 is 5.97 Å². The molecule has 0 radical (unpaired) electrons. The van der Waals surface area contributed by atoms with Gasteiger partial charge in [-0.2, -0.15) is 0 Å². The molecule has 9 atom stereocenters. The summed E-state index contributed by atoms with van der Waals surface area (Å²) in [6.45, 7) is 4.88. The lowest BCUT2D eigenvalue weighted by Crippen LogP contribution is -2.63. The Labute approximate surface area is 180 Å². The van der Waals surface area contributed by atoms with E-state index in [0.29, 0.717) is 12.0 Å². The van der Waals surface area contributed by atoms with Gasteiger partial charge in [0, 0.05) is 17.9 Å². The van der Waals surface area contributed by atoms with Gasteiger partial charge in [0.05, 0.1) is 19.3 Å². The standard InChI is InChI=1S/C21H32O10/c1-11(6-14(23)24)4-5-21(28)19(2)7-12(8-20(21,3)29-10-19)30-18-17(27)16(26)15(25)13(9-22)31-18/h4-6,12-13,15-18,22,25-28H,7-10H2,1-3H3,(H,23,24)/b5-4+,11-6-/t12-,13-,15-,16+,17-,18-,19?,20?,21-/m1/s1. The summed E-state index contributed by atoms with van der Waals surface area (Å²) < 4.78 is 17.3. The van der Waals surface area contributed by atoms with Crippen LogP contribution in [0.3, 0.4) is 0 Å². The molecule has 3 fully saturated rings. The molecular weight excluding hydrogens is 412 g/mol. The van der Waals surface area contributed by atoms with Gasteiger partial charge in [0.1, 0.15) is 35.6 Å². The Morgan fingerprint density at radius 2 is 1.84 bits per heavy atom. The monoisotopic (exact) mass is 444 g/mol. The number of rotatable bonds is 6. The molecule has 0 amide bonds. The topological polar surface area (TPSA) is 166 Å². The van der Waals surface area contributed by atoms with Gasteiger partial charge in [-0.3, -0.25) is 0 Å².